The first-order valence-corrected chi connectivity index (χ1v) is 8.59. The third kappa shape index (κ3) is 6.29. The Hall–Kier alpha value is -3.08. The molecule has 1 atom stereocenters. The van der Waals surface area contributed by atoms with Crippen LogP contribution >= 0.6 is 0 Å². The highest BCUT2D eigenvalue weighted by Gasteiger charge is 2.20. The summed E-state index contributed by atoms with van der Waals surface area (Å²) in [5.74, 6) is 0.515. The zero-order chi connectivity index (χ0) is 19.5. The standard InChI is InChI=1S/C20H22N2O5/c21-14-15-7-9-16(10-8-15)22-20(25)27-19(6-3-11-23)17-4-1-2-5-18(17)26-13-12-24/h1-2,4-5,7-10,19,23-24H,3,6,11-13H2,(H,22,25)/t19-/m0/s1. The average molecular weight is 370 g/mol. The zero-order valence-corrected chi connectivity index (χ0v) is 14.8. The maximum Gasteiger partial charge on any atom is 0.412 e. The number of nitrogens with zero attached hydrogens (tertiary/aromatic N) is 1. The lowest BCUT2D eigenvalue weighted by atomic mass is 10.0. The molecule has 2 aromatic rings. The van der Waals surface area contributed by atoms with Gasteiger partial charge in [0, 0.05) is 17.9 Å². The highest BCUT2D eigenvalue weighted by molar-refractivity contribution is 5.84. The van der Waals surface area contributed by atoms with Gasteiger partial charge in [0.1, 0.15) is 18.5 Å². The molecule has 7 nitrogen and oxygen atoms in total. The van der Waals surface area contributed by atoms with Crippen molar-refractivity contribution in [2.45, 2.75) is 18.9 Å². The zero-order valence-electron chi connectivity index (χ0n) is 14.8. The van der Waals surface area contributed by atoms with Crippen LogP contribution in [-0.4, -0.2) is 36.1 Å². The largest absolute Gasteiger partial charge is 0.491 e. The first-order valence-electron chi connectivity index (χ1n) is 8.59. The second kappa shape index (κ2) is 10.8. The molecule has 0 saturated carbocycles. The Bertz CT molecular complexity index is 771. The average Bonchev–Trinajstić information content (AvgIpc) is 2.70. The number of nitriles is 1. The predicted molar refractivity (Wildman–Crippen MR) is 99.3 cm³/mol. The molecule has 2 aromatic carbocycles. The third-order valence-corrected chi connectivity index (χ3v) is 3.75. The molecule has 0 saturated heterocycles. The van der Waals surface area contributed by atoms with Gasteiger partial charge in [0.2, 0.25) is 0 Å². The van der Waals surface area contributed by atoms with E-state index in [1.165, 1.54) is 0 Å². The molecule has 0 fully saturated rings. The number of carbonyl (C=O) groups is 1. The van der Waals surface area contributed by atoms with Gasteiger partial charge in [-0.15, -0.1) is 0 Å². The van der Waals surface area contributed by atoms with Crippen LogP contribution < -0.4 is 10.1 Å². The van der Waals surface area contributed by atoms with Gasteiger partial charge in [0.05, 0.1) is 18.2 Å². The molecule has 0 spiro atoms. The van der Waals surface area contributed by atoms with Gasteiger partial charge in [-0.25, -0.2) is 4.79 Å². The van der Waals surface area contributed by atoms with Crippen molar-refractivity contribution in [2.75, 3.05) is 25.1 Å². The van der Waals surface area contributed by atoms with Crippen molar-refractivity contribution in [3.63, 3.8) is 0 Å². The molecule has 1 amide bonds. The van der Waals surface area contributed by atoms with Crippen molar-refractivity contribution >= 4 is 11.8 Å². The summed E-state index contributed by atoms with van der Waals surface area (Å²) in [7, 11) is 0. The Labute approximate surface area is 157 Å². The van der Waals surface area contributed by atoms with Crippen LogP contribution in [0.2, 0.25) is 0 Å². The summed E-state index contributed by atoms with van der Waals surface area (Å²) >= 11 is 0. The van der Waals surface area contributed by atoms with Crippen molar-refractivity contribution < 1.29 is 24.5 Å². The van der Waals surface area contributed by atoms with E-state index in [1.807, 2.05) is 6.07 Å². The molecule has 27 heavy (non-hydrogen) atoms. The number of carbonyl (C=O) groups excluding carboxylic acids is 1. The van der Waals surface area contributed by atoms with Gasteiger partial charge in [-0.3, -0.25) is 5.32 Å². The van der Waals surface area contributed by atoms with Crippen molar-refractivity contribution in [2.24, 2.45) is 0 Å². The van der Waals surface area contributed by atoms with Gasteiger partial charge in [-0.2, -0.15) is 5.26 Å². The van der Waals surface area contributed by atoms with E-state index in [-0.39, 0.29) is 19.8 Å². The number of rotatable bonds is 9. The van der Waals surface area contributed by atoms with E-state index in [1.54, 1.807) is 48.5 Å². The summed E-state index contributed by atoms with van der Waals surface area (Å²) in [6, 6.07) is 15.5. The number of aliphatic hydroxyl groups is 2. The summed E-state index contributed by atoms with van der Waals surface area (Å²) in [6.45, 7) is -0.0341. The highest BCUT2D eigenvalue weighted by atomic mass is 16.6. The number of para-hydroxylation sites is 1. The summed E-state index contributed by atoms with van der Waals surface area (Å²) in [4.78, 5) is 12.3. The van der Waals surface area contributed by atoms with Gasteiger partial charge < -0.3 is 19.7 Å². The lowest BCUT2D eigenvalue weighted by Gasteiger charge is -2.21. The topological polar surface area (TPSA) is 112 Å². The van der Waals surface area contributed by atoms with E-state index in [4.69, 9.17) is 24.9 Å². The van der Waals surface area contributed by atoms with E-state index in [0.29, 0.717) is 35.4 Å². The summed E-state index contributed by atoms with van der Waals surface area (Å²) < 4.78 is 11.1. The number of amides is 1. The van der Waals surface area contributed by atoms with Gasteiger partial charge in [0.15, 0.2) is 0 Å². The van der Waals surface area contributed by atoms with Gasteiger partial charge in [-0.1, -0.05) is 18.2 Å². The molecule has 0 bridgehead atoms. The van der Waals surface area contributed by atoms with Gasteiger partial charge in [0.25, 0.3) is 0 Å². The predicted octanol–water partition coefficient (Wildman–Crippen LogP) is 2.99. The molecule has 0 unspecified atom stereocenters. The molecular formula is C20H22N2O5. The molecule has 142 valence electrons. The van der Waals surface area contributed by atoms with Crippen molar-refractivity contribution in [1.82, 2.24) is 0 Å². The number of hydrogen-bond acceptors (Lipinski definition) is 6. The molecule has 0 aliphatic rings. The van der Waals surface area contributed by atoms with Crippen LogP contribution in [0.1, 0.15) is 30.1 Å². The molecule has 0 radical (unpaired) electrons. The molecule has 3 N–H and O–H groups in total. The minimum absolute atomic E-state index is 0.0310. The lowest BCUT2D eigenvalue weighted by Crippen LogP contribution is -2.18. The molecule has 0 aliphatic heterocycles. The van der Waals surface area contributed by atoms with Gasteiger partial charge in [-0.05, 0) is 43.2 Å². The minimum Gasteiger partial charge on any atom is -0.491 e. The Morgan fingerprint density at radius 2 is 1.85 bits per heavy atom. The van der Waals surface area contributed by atoms with E-state index >= 15 is 0 Å². The summed E-state index contributed by atoms with van der Waals surface area (Å²) in [6.07, 6.45) is -0.412. The van der Waals surface area contributed by atoms with Crippen molar-refractivity contribution in [3.05, 3.63) is 59.7 Å². The van der Waals surface area contributed by atoms with E-state index in [0.717, 1.165) is 0 Å². The number of hydrogen-bond donors (Lipinski definition) is 3. The fourth-order valence-electron chi connectivity index (χ4n) is 2.49. The Kier molecular flexibility index (Phi) is 8.10. The Morgan fingerprint density at radius 3 is 2.52 bits per heavy atom. The third-order valence-electron chi connectivity index (χ3n) is 3.75. The molecule has 0 aliphatic carbocycles. The lowest BCUT2D eigenvalue weighted by molar-refractivity contribution is 0.0964. The van der Waals surface area contributed by atoms with E-state index in [9.17, 15) is 4.79 Å². The van der Waals surface area contributed by atoms with Crippen LogP contribution in [0.25, 0.3) is 0 Å². The van der Waals surface area contributed by atoms with Crippen molar-refractivity contribution in [3.8, 4) is 11.8 Å². The summed E-state index contributed by atoms with van der Waals surface area (Å²) in [5.41, 5.74) is 1.66. The fraction of sp³-hybridized carbons (Fsp3) is 0.300. The smallest absolute Gasteiger partial charge is 0.412 e. The van der Waals surface area contributed by atoms with Crippen LogP contribution in [-0.2, 0) is 4.74 Å². The number of aliphatic hydroxyl groups excluding tert-OH is 2. The fourth-order valence-corrected chi connectivity index (χ4v) is 2.49. The second-order valence-corrected chi connectivity index (χ2v) is 5.68. The Morgan fingerprint density at radius 1 is 1.11 bits per heavy atom. The molecule has 7 heteroatoms. The monoisotopic (exact) mass is 370 g/mol. The maximum absolute atomic E-state index is 12.3. The summed E-state index contributed by atoms with van der Waals surface area (Å²) in [5, 5.41) is 29.6. The highest BCUT2D eigenvalue weighted by Crippen LogP contribution is 2.31. The quantitative estimate of drug-likeness (QED) is 0.626. The number of benzene rings is 2. The first-order chi connectivity index (χ1) is 13.2. The molecule has 0 aromatic heterocycles. The number of anilines is 1. The molecule has 2 rings (SSSR count). The number of nitrogens with one attached hydrogen (secondary N) is 1. The van der Waals surface area contributed by atoms with Crippen LogP contribution in [0.5, 0.6) is 5.75 Å². The minimum atomic E-state index is -0.653. The van der Waals surface area contributed by atoms with Crippen LogP contribution in [0.4, 0.5) is 10.5 Å². The molecule has 0 heterocycles. The van der Waals surface area contributed by atoms with Crippen LogP contribution in [0, 0.1) is 11.3 Å². The Balaban J connectivity index is 2.11. The SMILES string of the molecule is N#Cc1ccc(NC(=O)O[C@@H](CCCO)c2ccccc2OCCO)cc1. The number of ether oxygens (including phenoxy) is 2. The van der Waals surface area contributed by atoms with E-state index in [2.05, 4.69) is 5.32 Å². The maximum atomic E-state index is 12.3. The second-order valence-electron chi connectivity index (χ2n) is 5.68. The molecular weight excluding hydrogens is 348 g/mol. The van der Waals surface area contributed by atoms with Crippen LogP contribution in [0.15, 0.2) is 48.5 Å². The van der Waals surface area contributed by atoms with Gasteiger partial charge >= 0.3 is 6.09 Å². The van der Waals surface area contributed by atoms with Crippen molar-refractivity contribution in [1.29, 1.82) is 5.26 Å². The first kappa shape index (κ1) is 20.2. The van der Waals surface area contributed by atoms with E-state index < -0.39 is 12.2 Å². The van der Waals surface area contributed by atoms with Crippen LogP contribution in [0.3, 0.4) is 0 Å². The normalized spacial score (nSPS) is 11.3.